The molecule has 0 fully saturated rings. The number of rotatable bonds is 8. The van der Waals surface area contributed by atoms with E-state index in [0.717, 1.165) is 20.6 Å². The van der Waals surface area contributed by atoms with E-state index in [-0.39, 0.29) is 0 Å². The number of para-hydroxylation sites is 1. The SMILES string of the molecule is C[C@@H](C(=O)N/N=C\c1ccc(Br)cc1)N(c1ccc(Oc2ccccc2)cc1)S(C)(=O)=O. The number of amides is 1. The van der Waals surface area contributed by atoms with Crippen LogP contribution in [-0.2, 0) is 14.8 Å². The third-order valence-corrected chi connectivity index (χ3v) is 6.19. The van der Waals surface area contributed by atoms with E-state index in [1.165, 1.54) is 13.1 Å². The summed E-state index contributed by atoms with van der Waals surface area (Å²) >= 11 is 3.35. The molecule has 32 heavy (non-hydrogen) atoms. The van der Waals surface area contributed by atoms with Gasteiger partial charge in [0.1, 0.15) is 17.5 Å². The molecule has 1 amide bonds. The van der Waals surface area contributed by atoms with Crippen LogP contribution < -0.4 is 14.5 Å². The number of benzene rings is 3. The molecule has 0 unspecified atom stereocenters. The molecule has 0 bridgehead atoms. The van der Waals surface area contributed by atoms with Crippen LogP contribution in [0.3, 0.4) is 0 Å². The normalized spacial score (nSPS) is 12.3. The molecule has 0 saturated carbocycles. The van der Waals surface area contributed by atoms with Crippen LogP contribution in [0.5, 0.6) is 11.5 Å². The zero-order chi connectivity index (χ0) is 23.1. The first kappa shape index (κ1) is 23.5. The van der Waals surface area contributed by atoms with E-state index in [0.29, 0.717) is 17.2 Å². The molecule has 0 aliphatic heterocycles. The summed E-state index contributed by atoms with van der Waals surface area (Å²) in [6, 6.07) is 22.0. The zero-order valence-corrected chi connectivity index (χ0v) is 19.9. The summed E-state index contributed by atoms with van der Waals surface area (Å²) in [7, 11) is -3.74. The quantitative estimate of drug-likeness (QED) is 0.352. The Kier molecular flexibility index (Phi) is 7.66. The number of hydrazone groups is 1. The summed E-state index contributed by atoms with van der Waals surface area (Å²) < 4.78 is 32.6. The Hall–Kier alpha value is -3.17. The standard InChI is InChI=1S/C23H22BrN3O4S/c1-17(23(28)26-25-16-18-8-10-19(24)11-9-18)27(32(2,29)30)20-12-14-22(15-13-20)31-21-6-4-3-5-7-21/h3-17H,1-2H3,(H,26,28)/b25-16-/t17-/m0/s1. The van der Waals surface area contributed by atoms with Gasteiger partial charge in [-0.15, -0.1) is 0 Å². The summed E-state index contributed by atoms with van der Waals surface area (Å²) in [5.41, 5.74) is 3.53. The molecule has 7 nitrogen and oxygen atoms in total. The molecular weight excluding hydrogens is 494 g/mol. The number of nitrogens with one attached hydrogen (secondary N) is 1. The van der Waals surface area contributed by atoms with E-state index in [1.54, 1.807) is 24.3 Å². The molecule has 1 N–H and O–H groups in total. The van der Waals surface area contributed by atoms with Crippen molar-refractivity contribution in [3.63, 3.8) is 0 Å². The fourth-order valence-corrected chi connectivity index (χ4v) is 4.35. The van der Waals surface area contributed by atoms with E-state index in [2.05, 4.69) is 26.5 Å². The molecule has 0 aliphatic rings. The molecule has 0 aliphatic carbocycles. The molecule has 3 aromatic rings. The number of nitrogens with zero attached hydrogens (tertiary/aromatic N) is 2. The fourth-order valence-electron chi connectivity index (χ4n) is 2.91. The van der Waals surface area contributed by atoms with Gasteiger partial charge in [-0.05, 0) is 61.0 Å². The lowest BCUT2D eigenvalue weighted by molar-refractivity contribution is -0.121. The predicted molar refractivity (Wildman–Crippen MR) is 130 cm³/mol. The van der Waals surface area contributed by atoms with E-state index < -0.39 is 22.0 Å². The summed E-state index contributed by atoms with van der Waals surface area (Å²) in [5.74, 6) is 0.648. The van der Waals surface area contributed by atoms with E-state index >= 15 is 0 Å². The highest BCUT2D eigenvalue weighted by atomic mass is 79.9. The molecule has 0 radical (unpaired) electrons. The van der Waals surface area contributed by atoms with Gasteiger partial charge in [-0.2, -0.15) is 5.10 Å². The second-order valence-corrected chi connectivity index (χ2v) is 9.70. The maximum absolute atomic E-state index is 12.6. The van der Waals surface area contributed by atoms with E-state index in [9.17, 15) is 13.2 Å². The Labute approximate surface area is 195 Å². The Morgan fingerprint density at radius 2 is 1.59 bits per heavy atom. The van der Waals surface area contributed by atoms with Crippen molar-refractivity contribution >= 4 is 43.8 Å². The van der Waals surface area contributed by atoms with Gasteiger partial charge in [-0.3, -0.25) is 9.10 Å². The number of carbonyl (C=O) groups is 1. The molecule has 3 aromatic carbocycles. The molecule has 1 atom stereocenters. The van der Waals surface area contributed by atoms with Crippen molar-refractivity contribution in [1.82, 2.24) is 5.43 Å². The highest BCUT2D eigenvalue weighted by Gasteiger charge is 2.29. The van der Waals surface area contributed by atoms with Crippen molar-refractivity contribution in [2.24, 2.45) is 5.10 Å². The van der Waals surface area contributed by atoms with Crippen molar-refractivity contribution in [3.05, 3.63) is 88.9 Å². The fraction of sp³-hybridized carbons (Fsp3) is 0.130. The minimum Gasteiger partial charge on any atom is -0.457 e. The minimum absolute atomic E-state index is 0.340. The molecular formula is C23H22BrN3O4S. The van der Waals surface area contributed by atoms with Gasteiger partial charge in [0.15, 0.2) is 0 Å². The van der Waals surface area contributed by atoms with Gasteiger partial charge >= 0.3 is 0 Å². The predicted octanol–water partition coefficient (Wildman–Crippen LogP) is 4.55. The van der Waals surface area contributed by atoms with Crippen LogP contribution in [0.2, 0.25) is 0 Å². The lowest BCUT2D eigenvalue weighted by atomic mass is 10.2. The number of hydrogen-bond donors (Lipinski definition) is 1. The van der Waals surface area contributed by atoms with Crippen molar-refractivity contribution < 1.29 is 17.9 Å². The van der Waals surface area contributed by atoms with Crippen LogP contribution in [0.25, 0.3) is 0 Å². The molecule has 0 saturated heterocycles. The summed E-state index contributed by atoms with van der Waals surface area (Å²) in [4.78, 5) is 12.6. The zero-order valence-electron chi connectivity index (χ0n) is 17.5. The largest absolute Gasteiger partial charge is 0.457 e. The third-order valence-electron chi connectivity index (χ3n) is 4.42. The van der Waals surface area contributed by atoms with Crippen LogP contribution in [0.4, 0.5) is 5.69 Å². The van der Waals surface area contributed by atoms with Gasteiger partial charge in [0.05, 0.1) is 18.2 Å². The number of hydrogen-bond acceptors (Lipinski definition) is 5. The Morgan fingerprint density at radius 1 is 1.00 bits per heavy atom. The average molecular weight is 516 g/mol. The molecule has 9 heteroatoms. The summed E-state index contributed by atoms with van der Waals surface area (Å²) in [6.45, 7) is 1.50. The highest BCUT2D eigenvalue weighted by molar-refractivity contribution is 9.10. The summed E-state index contributed by atoms with van der Waals surface area (Å²) in [6.07, 6.45) is 2.54. The van der Waals surface area contributed by atoms with Crippen LogP contribution >= 0.6 is 15.9 Å². The smallest absolute Gasteiger partial charge is 0.263 e. The van der Waals surface area contributed by atoms with Gasteiger partial charge < -0.3 is 4.74 Å². The molecule has 0 heterocycles. The second kappa shape index (κ2) is 10.4. The van der Waals surface area contributed by atoms with Gasteiger partial charge in [-0.1, -0.05) is 46.3 Å². The second-order valence-electron chi connectivity index (χ2n) is 6.93. The Balaban J connectivity index is 1.72. The first-order chi connectivity index (χ1) is 15.2. The van der Waals surface area contributed by atoms with E-state index in [1.807, 2.05) is 54.6 Å². The average Bonchev–Trinajstić information content (AvgIpc) is 2.76. The van der Waals surface area contributed by atoms with Crippen molar-refractivity contribution in [3.8, 4) is 11.5 Å². The van der Waals surface area contributed by atoms with E-state index in [4.69, 9.17) is 4.74 Å². The van der Waals surface area contributed by atoms with Crippen LogP contribution in [0.1, 0.15) is 12.5 Å². The number of ether oxygens (including phenoxy) is 1. The Morgan fingerprint density at radius 3 is 2.19 bits per heavy atom. The monoisotopic (exact) mass is 515 g/mol. The topological polar surface area (TPSA) is 88.1 Å². The van der Waals surface area contributed by atoms with Gasteiger partial charge in [0.2, 0.25) is 10.0 Å². The number of anilines is 1. The molecule has 3 rings (SSSR count). The van der Waals surface area contributed by atoms with Gasteiger partial charge in [-0.25, -0.2) is 13.8 Å². The molecule has 166 valence electrons. The van der Waals surface area contributed by atoms with Crippen molar-refractivity contribution in [2.45, 2.75) is 13.0 Å². The summed E-state index contributed by atoms with van der Waals surface area (Å²) in [5, 5.41) is 3.93. The minimum atomic E-state index is -3.74. The third kappa shape index (κ3) is 6.41. The molecule has 0 spiro atoms. The first-order valence-electron chi connectivity index (χ1n) is 9.65. The lowest BCUT2D eigenvalue weighted by Gasteiger charge is -2.27. The molecule has 0 aromatic heterocycles. The number of carbonyl (C=O) groups excluding carboxylic acids is 1. The van der Waals surface area contributed by atoms with Crippen LogP contribution in [-0.4, -0.2) is 32.8 Å². The van der Waals surface area contributed by atoms with Crippen LogP contribution in [0, 0.1) is 0 Å². The number of sulfonamides is 1. The number of halogens is 1. The first-order valence-corrected chi connectivity index (χ1v) is 12.3. The van der Waals surface area contributed by atoms with Gasteiger partial charge in [0.25, 0.3) is 5.91 Å². The van der Waals surface area contributed by atoms with Crippen molar-refractivity contribution in [1.29, 1.82) is 0 Å². The lowest BCUT2D eigenvalue weighted by Crippen LogP contribution is -2.46. The van der Waals surface area contributed by atoms with Crippen molar-refractivity contribution in [2.75, 3.05) is 10.6 Å². The highest BCUT2D eigenvalue weighted by Crippen LogP contribution is 2.26. The van der Waals surface area contributed by atoms with Crippen LogP contribution in [0.15, 0.2) is 88.4 Å². The van der Waals surface area contributed by atoms with Gasteiger partial charge in [0, 0.05) is 4.47 Å². The maximum Gasteiger partial charge on any atom is 0.263 e. The maximum atomic E-state index is 12.6. The Bertz CT molecular complexity index is 1180.